The van der Waals surface area contributed by atoms with Crippen LogP contribution in [0.3, 0.4) is 0 Å². The van der Waals surface area contributed by atoms with Crippen LogP contribution in [0.25, 0.3) is 0 Å². The molecule has 2 N–H and O–H groups in total. The predicted molar refractivity (Wildman–Crippen MR) is 69.7 cm³/mol. The average Bonchev–Trinajstić information content (AvgIpc) is 2.74. The Hall–Kier alpha value is -0.460. The van der Waals surface area contributed by atoms with E-state index < -0.39 is 11.0 Å². The fraction of sp³-hybridized carbons (Fsp3) is 0.909. The number of carbonyl (C=O) groups is 1. The fourth-order valence-electron chi connectivity index (χ4n) is 1.83. The summed E-state index contributed by atoms with van der Waals surface area (Å²) in [6, 6.07) is 0.450. The second-order valence-corrected chi connectivity index (χ2v) is 6.23. The lowest BCUT2D eigenvalue weighted by atomic mass is 10.3. The second kappa shape index (κ2) is 6.47. The number of nitrogens with zero attached hydrogens (tertiary/aromatic N) is 2. The van der Waals surface area contributed by atoms with Gasteiger partial charge in [-0.2, -0.15) is 0 Å². The quantitative estimate of drug-likeness (QED) is 0.754. The normalized spacial score (nSPS) is 22.5. The van der Waals surface area contributed by atoms with E-state index in [4.69, 9.17) is 5.14 Å². The highest BCUT2D eigenvalue weighted by atomic mass is 32.2. The van der Waals surface area contributed by atoms with Crippen LogP contribution in [-0.2, 0) is 15.8 Å². The fourth-order valence-corrected chi connectivity index (χ4v) is 2.50. The van der Waals surface area contributed by atoms with E-state index in [9.17, 15) is 9.00 Å². The highest BCUT2D eigenvalue weighted by Gasteiger charge is 2.28. The summed E-state index contributed by atoms with van der Waals surface area (Å²) >= 11 is 0. The van der Waals surface area contributed by atoms with Crippen LogP contribution < -0.4 is 5.14 Å². The summed E-state index contributed by atoms with van der Waals surface area (Å²) in [6.07, 6.45) is 1.29. The SMILES string of the molecule is CC(C)N(C)CCC(=O)N1CCC(S(N)=O)C1. The van der Waals surface area contributed by atoms with E-state index in [0.29, 0.717) is 25.6 Å². The Morgan fingerprint density at radius 2 is 2.24 bits per heavy atom. The summed E-state index contributed by atoms with van der Waals surface area (Å²) < 4.78 is 11.1. The molecule has 0 spiro atoms. The Morgan fingerprint density at radius 3 is 2.71 bits per heavy atom. The molecule has 0 radical (unpaired) electrons. The Labute approximate surface area is 106 Å². The lowest BCUT2D eigenvalue weighted by Gasteiger charge is -2.22. The molecule has 1 rings (SSSR count). The molecule has 0 aromatic rings. The van der Waals surface area contributed by atoms with Gasteiger partial charge in [-0.3, -0.25) is 9.93 Å². The van der Waals surface area contributed by atoms with Crippen LogP contribution in [0.1, 0.15) is 26.7 Å². The molecule has 0 aliphatic carbocycles. The first-order valence-electron chi connectivity index (χ1n) is 6.04. The highest BCUT2D eigenvalue weighted by molar-refractivity contribution is 7.83. The van der Waals surface area contributed by atoms with E-state index in [0.717, 1.165) is 13.0 Å². The van der Waals surface area contributed by atoms with E-state index in [-0.39, 0.29) is 11.2 Å². The summed E-state index contributed by atoms with van der Waals surface area (Å²) in [6.45, 7) is 6.22. The standard InChI is InChI=1S/C11H23N3O2S/c1-9(2)13(3)6-5-11(15)14-7-4-10(8-14)17(12)16/h9-10H,4-8,12H2,1-3H3. The smallest absolute Gasteiger partial charge is 0.223 e. The number of carbonyl (C=O) groups excluding carboxylic acids is 1. The van der Waals surface area contributed by atoms with Gasteiger partial charge < -0.3 is 9.80 Å². The zero-order chi connectivity index (χ0) is 13.0. The third-order valence-electron chi connectivity index (χ3n) is 3.39. The molecule has 1 saturated heterocycles. The number of nitrogens with two attached hydrogens (primary N) is 1. The molecule has 0 saturated carbocycles. The van der Waals surface area contributed by atoms with Crippen molar-refractivity contribution in [2.45, 2.75) is 38.0 Å². The first kappa shape index (κ1) is 14.6. The summed E-state index contributed by atoms with van der Waals surface area (Å²) in [7, 11) is 0.711. The van der Waals surface area contributed by atoms with E-state index >= 15 is 0 Å². The van der Waals surface area contributed by atoms with Crippen molar-refractivity contribution in [3.8, 4) is 0 Å². The van der Waals surface area contributed by atoms with Crippen molar-refractivity contribution in [1.82, 2.24) is 9.80 Å². The van der Waals surface area contributed by atoms with Gasteiger partial charge >= 0.3 is 0 Å². The van der Waals surface area contributed by atoms with Crippen molar-refractivity contribution in [1.29, 1.82) is 0 Å². The summed E-state index contributed by atoms with van der Waals surface area (Å²) in [5, 5.41) is 5.31. The number of hydrogen-bond donors (Lipinski definition) is 1. The van der Waals surface area contributed by atoms with E-state index in [1.165, 1.54) is 0 Å². The molecule has 17 heavy (non-hydrogen) atoms. The zero-order valence-electron chi connectivity index (χ0n) is 10.9. The van der Waals surface area contributed by atoms with E-state index in [1.54, 1.807) is 4.90 Å². The highest BCUT2D eigenvalue weighted by Crippen LogP contribution is 2.14. The molecular weight excluding hydrogens is 238 g/mol. The van der Waals surface area contributed by atoms with E-state index in [2.05, 4.69) is 18.7 Å². The Morgan fingerprint density at radius 1 is 1.59 bits per heavy atom. The molecule has 1 fully saturated rings. The van der Waals surface area contributed by atoms with Gasteiger partial charge in [-0.25, -0.2) is 4.21 Å². The van der Waals surface area contributed by atoms with Gasteiger partial charge in [-0.1, -0.05) is 0 Å². The van der Waals surface area contributed by atoms with Gasteiger partial charge in [0.2, 0.25) is 5.91 Å². The third-order valence-corrected chi connectivity index (χ3v) is 4.43. The van der Waals surface area contributed by atoms with Gasteiger partial charge in [-0.05, 0) is 27.3 Å². The lowest BCUT2D eigenvalue weighted by Crippen LogP contribution is -2.35. The van der Waals surface area contributed by atoms with Gasteiger partial charge in [-0.15, -0.1) is 0 Å². The van der Waals surface area contributed by atoms with Crippen molar-refractivity contribution in [3.63, 3.8) is 0 Å². The van der Waals surface area contributed by atoms with Crippen LogP contribution >= 0.6 is 0 Å². The lowest BCUT2D eigenvalue weighted by molar-refractivity contribution is -0.130. The minimum absolute atomic E-state index is 0.0400. The topological polar surface area (TPSA) is 66.6 Å². The molecule has 1 amide bonds. The third kappa shape index (κ3) is 4.37. The van der Waals surface area contributed by atoms with Gasteiger partial charge in [0.05, 0.1) is 16.2 Å². The summed E-state index contributed by atoms with van der Waals surface area (Å²) in [5.74, 6) is 0.144. The van der Waals surface area contributed by atoms with Crippen LogP contribution in [0.5, 0.6) is 0 Å². The number of rotatable bonds is 5. The maximum Gasteiger partial charge on any atom is 0.223 e. The monoisotopic (exact) mass is 261 g/mol. The average molecular weight is 261 g/mol. The van der Waals surface area contributed by atoms with Crippen LogP contribution in [0.4, 0.5) is 0 Å². The molecule has 0 aromatic heterocycles. The molecule has 1 heterocycles. The maximum absolute atomic E-state index is 11.9. The maximum atomic E-state index is 11.9. The van der Waals surface area contributed by atoms with Crippen LogP contribution in [0.15, 0.2) is 0 Å². The summed E-state index contributed by atoms with van der Waals surface area (Å²) in [5.41, 5.74) is 0. The van der Waals surface area contributed by atoms with E-state index in [1.807, 2.05) is 7.05 Å². The molecule has 2 atom stereocenters. The van der Waals surface area contributed by atoms with Crippen molar-refractivity contribution in [2.24, 2.45) is 5.14 Å². The molecule has 1 aliphatic heterocycles. The van der Waals surface area contributed by atoms with Gasteiger partial charge in [0.1, 0.15) is 0 Å². The number of hydrogen-bond acceptors (Lipinski definition) is 3. The van der Waals surface area contributed by atoms with Crippen LogP contribution in [0, 0.1) is 0 Å². The largest absolute Gasteiger partial charge is 0.341 e. The first-order valence-corrected chi connectivity index (χ1v) is 7.32. The van der Waals surface area contributed by atoms with Crippen LogP contribution in [-0.4, -0.2) is 57.9 Å². The molecule has 0 aromatic carbocycles. The minimum atomic E-state index is -1.30. The van der Waals surface area contributed by atoms with Gasteiger partial charge in [0.15, 0.2) is 0 Å². The molecular formula is C11H23N3O2S. The summed E-state index contributed by atoms with van der Waals surface area (Å²) in [4.78, 5) is 15.8. The Balaban J connectivity index is 2.32. The van der Waals surface area contributed by atoms with Crippen molar-refractivity contribution < 1.29 is 9.00 Å². The van der Waals surface area contributed by atoms with Crippen molar-refractivity contribution in [2.75, 3.05) is 26.7 Å². The van der Waals surface area contributed by atoms with Crippen molar-refractivity contribution in [3.05, 3.63) is 0 Å². The number of amides is 1. The molecule has 6 heteroatoms. The Kier molecular flexibility index (Phi) is 5.55. The zero-order valence-corrected chi connectivity index (χ0v) is 11.7. The molecule has 5 nitrogen and oxygen atoms in total. The van der Waals surface area contributed by atoms with Gasteiger partial charge in [0.25, 0.3) is 0 Å². The second-order valence-electron chi connectivity index (χ2n) is 4.90. The molecule has 100 valence electrons. The number of likely N-dealkylation sites (tertiary alicyclic amines) is 1. The Bertz CT molecular complexity index is 296. The van der Waals surface area contributed by atoms with Crippen molar-refractivity contribution >= 4 is 16.9 Å². The predicted octanol–water partition coefficient (Wildman–Crippen LogP) is -0.0600. The van der Waals surface area contributed by atoms with Crippen LogP contribution in [0.2, 0.25) is 0 Å². The first-order chi connectivity index (χ1) is 7.91. The van der Waals surface area contributed by atoms with Gasteiger partial charge in [0, 0.05) is 32.1 Å². The molecule has 0 bridgehead atoms. The molecule has 2 unspecified atom stereocenters. The molecule has 1 aliphatic rings. The minimum Gasteiger partial charge on any atom is -0.341 e.